The summed E-state index contributed by atoms with van der Waals surface area (Å²) in [5, 5.41) is 9.72. The standard InChI is InChI=1S/C11H12ClNO3S/c12-8-3-4-9(13-10(8)11(14)15)17-6-7-2-1-5-16-7/h3-4,7H,1-2,5-6H2,(H,14,15). The Bertz CT molecular complexity index is 421. The van der Waals surface area contributed by atoms with Gasteiger partial charge in [-0.2, -0.15) is 0 Å². The summed E-state index contributed by atoms with van der Waals surface area (Å²) in [5.41, 5.74) is -0.0935. The maximum Gasteiger partial charge on any atom is 0.356 e. The third-order valence-corrected chi connectivity index (χ3v) is 3.83. The minimum atomic E-state index is -1.10. The summed E-state index contributed by atoms with van der Waals surface area (Å²) < 4.78 is 5.49. The highest BCUT2D eigenvalue weighted by molar-refractivity contribution is 7.99. The Kier molecular flexibility index (Phi) is 4.25. The predicted molar refractivity (Wildman–Crippen MR) is 65.9 cm³/mol. The molecule has 0 spiro atoms. The summed E-state index contributed by atoms with van der Waals surface area (Å²) in [6.07, 6.45) is 2.41. The van der Waals surface area contributed by atoms with Gasteiger partial charge in [-0.05, 0) is 25.0 Å². The number of aromatic nitrogens is 1. The second-order valence-electron chi connectivity index (χ2n) is 3.73. The number of ether oxygens (including phenoxy) is 1. The van der Waals surface area contributed by atoms with Gasteiger partial charge in [0.2, 0.25) is 0 Å². The fourth-order valence-electron chi connectivity index (χ4n) is 1.61. The Hall–Kier alpha value is -0.780. The van der Waals surface area contributed by atoms with Crippen molar-refractivity contribution in [2.75, 3.05) is 12.4 Å². The summed E-state index contributed by atoms with van der Waals surface area (Å²) in [4.78, 5) is 14.9. The molecule has 1 aliphatic heterocycles. The van der Waals surface area contributed by atoms with Gasteiger partial charge < -0.3 is 9.84 Å². The number of aromatic carboxylic acids is 1. The molecule has 2 heterocycles. The van der Waals surface area contributed by atoms with Crippen molar-refractivity contribution in [3.05, 3.63) is 22.8 Å². The Balaban J connectivity index is 2.00. The monoisotopic (exact) mass is 273 g/mol. The fourth-order valence-corrected chi connectivity index (χ4v) is 2.73. The summed E-state index contributed by atoms with van der Waals surface area (Å²) in [6.45, 7) is 0.819. The van der Waals surface area contributed by atoms with Gasteiger partial charge >= 0.3 is 5.97 Å². The van der Waals surface area contributed by atoms with Crippen LogP contribution in [-0.4, -0.2) is 34.5 Å². The first-order valence-corrected chi connectivity index (χ1v) is 6.67. The molecule has 0 saturated carbocycles. The number of rotatable bonds is 4. The van der Waals surface area contributed by atoms with E-state index in [1.807, 2.05) is 0 Å². The quantitative estimate of drug-likeness (QED) is 0.855. The molecular weight excluding hydrogens is 262 g/mol. The van der Waals surface area contributed by atoms with Crippen molar-refractivity contribution in [3.63, 3.8) is 0 Å². The maximum absolute atomic E-state index is 10.9. The molecular formula is C11H12ClNO3S. The fraction of sp³-hybridized carbons (Fsp3) is 0.455. The third kappa shape index (κ3) is 3.34. The van der Waals surface area contributed by atoms with Crippen LogP contribution in [0, 0.1) is 0 Å². The van der Waals surface area contributed by atoms with Crippen molar-refractivity contribution < 1.29 is 14.6 Å². The van der Waals surface area contributed by atoms with Crippen LogP contribution in [0.5, 0.6) is 0 Å². The zero-order valence-electron chi connectivity index (χ0n) is 9.06. The molecule has 1 atom stereocenters. The minimum Gasteiger partial charge on any atom is -0.476 e. The van der Waals surface area contributed by atoms with Gasteiger partial charge in [0.15, 0.2) is 5.69 Å². The van der Waals surface area contributed by atoms with E-state index in [1.165, 1.54) is 11.8 Å². The Labute approximate surface area is 108 Å². The molecule has 2 rings (SSSR count). The summed E-state index contributed by atoms with van der Waals surface area (Å²) >= 11 is 7.24. The molecule has 1 aromatic rings. The number of hydrogen-bond acceptors (Lipinski definition) is 4. The number of halogens is 1. The molecule has 4 nitrogen and oxygen atoms in total. The molecule has 17 heavy (non-hydrogen) atoms. The molecule has 1 aromatic heterocycles. The lowest BCUT2D eigenvalue weighted by Gasteiger charge is -2.08. The van der Waals surface area contributed by atoms with Gasteiger partial charge in [-0.3, -0.25) is 0 Å². The third-order valence-electron chi connectivity index (χ3n) is 2.46. The van der Waals surface area contributed by atoms with Crippen molar-refractivity contribution in [2.24, 2.45) is 0 Å². The zero-order valence-corrected chi connectivity index (χ0v) is 10.6. The summed E-state index contributed by atoms with van der Waals surface area (Å²) in [5.74, 6) is -0.303. The van der Waals surface area contributed by atoms with Crippen molar-refractivity contribution in [1.82, 2.24) is 4.98 Å². The molecule has 0 aliphatic carbocycles. The van der Waals surface area contributed by atoms with Gasteiger partial charge in [0.05, 0.1) is 16.2 Å². The normalized spacial score (nSPS) is 19.5. The topological polar surface area (TPSA) is 59.4 Å². The van der Waals surface area contributed by atoms with Crippen molar-refractivity contribution in [2.45, 2.75) is 24.0 Å². The van der Waals surface area contributed by atoms with Crippen LogP contribution in [0.4, 0.5) is 0 Å². The Morgan fingerprint density at radius 1 is 1.65 bits per heavy atom. The SMILES string of the molecule is O=C(O)c1nc(SCC2CCCO2)ccc1Cl. The molecule has 0 aromatic carbocycles. The second kappa shape index (κ2) is 5.71. The van der Waals surface area contributed by atoms with E-state index in [4.69, 9.17) is 21.4 Å². The van der Waals surface area contributed by atoms with Gasteiger partial charge in [0.25, 0.3) is 0 Å². The zero-order chi connectivity index (χ0) is 12.3. The van der Waals surface area contributed by atoms with Gasteiger partial charge in [-0.15, -0.1) is 11.8 Å². The van der Waals surface area contributed by atoms with Crippen LogP contribution in [0.3, 0.4) is 0 Å². The van der Waals surface area contributed by atoms with E-state index in [0.717, 1.165) is 25.2 Å². The van der Waals surface area contributed by atoms with Gasteiger partial charge in [-0.1, -0.05) is 11.6 Å². The molecule has 1 unspecified atom stereocenters. The number of carbonyl (C=O) groups is 1. The van der Waals surface area contributed by atoms with Crippen LogP contribution in [0.25, 0.3) is 0 Å². The smallest absolute Gasteiger partial charge is 0.356 e. The average molecular weight is 274 g/mol. The van der Waals surface area contributed by atoms with E-state index in [2.05, 4.69) is 4.98 Å². The van der Waals surface area contributed by atoms with Crippen molar-refractivity contribution in [3.8, 4) is 0 Å². The Morgan fingerprint density at radius 2 is 2.47 bits per heavy atom. The first-order valence-electron chi connectivity index (χ1n) is 5.31. The molecule has 1 fully saturated rings. The average Bonchev–Trinajstić information content (AvgIpc) is 2.80. The summed E-state index contributed by atoms with van der Waals surface area (Å²) in [7, 11) is 0. The lowest BCUT2D eigenvalue weighted by Crippen LogP contribution is -2.08. The van der Waals surface area contributed by atoms with Crippen LogP contribution in [0.15, 0.2) is 17.2 Å². The van der Waals surface area contributed by atoms with E-state index >= 15 is 0 Å². The van der Waals surface area contributed by atoms with Crippen molar-refractivity contribution >= 4 is 29.3 Å². The predicted octanol–water partition coefficient (Wildman–Crippen LogP) is 2.70. The highest BCUT2D eigenvalue weighted by Gasteiger charge is 2.17. The van der Waals surface area contributed by atoms with E-state index in [9.17, 15) is 4.79 Å². The van der Waals surface area contributed by atoms with Crippen LogP contribution in [-0.2, 0) is 4.74 Å². The molecule has 0 amide bonds. The van der Waals surface area contributed by atoms with Crippen molar-refractivity contribution in [1.29, 1.82) is 0 Å². The van der Waals surface area contributed by atoms with Gasteiger partial charge in [0, 0.05) is 12.4 Å². The van der Waals surface area contributed by atoms with E-state index in [1.54, 1.807) is 12.1 Å². The molecule has 0 bridgehead atoms. The largest absolute Gasteiger partial charge is 0.476 e. The molecule has 1 aliphatic rings. The highest BCUT2D eigenvalue weighted by Crippen LogP contribution is 2.24. The molecule has 92 valence electrons. The van der Waals surface area contributed by atoms with Crippen LogP contribution >= 0.6 is 23.4 Å². The lowest BCUT2D eigenvalue weighted by atomic mass is 10.3. The van der Waals surface area contributed by atoms with E-state index in [0.29, 0.717) is 5.03 Å². The maximum atomic E-state index is 10.9. The molecule has 6 heteroatoms. The molecule has 1 N–H and O–H groups in total. The summed E-state index contributed by atoms with van der Waals surface area (Å²) in [6, 6.07) is 3.30. The number of pyridine rings is 1. The van der Waals surface area contributed by atoms with E-state index in [-0.39, 0.29) is 16.8 Å². The van der Waals surface area contributed by atoms with E-state index < -0.39 is 5.97 Å². The number of hydrogen-bond donors (Lipinski definition) is 1. The first kappa shape index (κ1) is 12.7. The van der Waals surface area contributed by atoms with Gasteiger partial charge in [-0.25, -0.2) is 9.78 Å². The first-order chi connectivity index (χ1) is 8.16. The van der Waals surface area contributed by atoms with Crippen LogP contribution < -0.4 is 0 Å². The Morgan fingerprint density at radius 3 is 3.12 bits per heavy atom. The minimum absolute atomic E-state index is 0.0935. The number of nitrogens with zero attached hydrogens (tertiary/aromatic N) is 1. The number of carboxylic acid groups (broad SMARTS) is 1. The number of thioether (sulfide) groups is 1. The lowest BCUT2D eigenvalue weighted by molar-refractivity contribution is 0.0690. The molecule has 0 radical (unpaired) electrons. The highest BCUT2D eigenvalue weighted by atomic mass is 35.5. The second-order valence-corrected chi connectivity index (χ2v) is 5.18. The number of carboxylic acids is 1. The molecule has 1 saturated heterocycles. The van der Waals surface area contributed by atoms with Gasteiger partial charge in [0.1, 0.15) is 0 Å². The van der Waals surface area contributed by atoms with Crippen LogP contribution in [0.1, 0.15) is 23.3 Å². The van der Waals surface area contributed by atoms with Crippen LogP contribution in [0.2, 0.25) is 5.02 Å².